The van der Waals surface area contributed by atoms with Crippen LogP contribution in [0.3, 0.4) is 0 Å². The number of methoxy groups -OCH3 is 2. The number of halogens is 1. The Hall–Kier alpha value is -3.26. The number of hydrogen-bond donors (Lipinski definition) is 3. The second-order valence-electron chi connectivity index (χ2n) is 10.6. The molecule has 0 saturated carbocycles. The number of nitrogens with zero attached hydrogens (tertiary/aromatic N) is 3. The van der Waals surface area contributed by atoms with Gasteiger partial charge in [0.25, 0.3) is 0 Å². The molecule has 0 amide bonds. The fourth-order valence-corrected chi connectivity index (χ4v) is 5.55. The number of benzene rings is 1. The molecular formula is C31H41ClN4O8. The average molecular weight is 633 g/mol. The molecule has 3 atom stereocenters. The highest BCUT2D eigenvalue weighted by atomic mass is 35.5. The summed E-state index contributed by atoms with van der Waals surface area (Å²) in [6.45, 7) is 5.82. The zero-order valence-corrected chi connectivity index (χ0v) is 26.1. The number of hydrogen-bond acceptors (Lipinski definition) is 11. The molecule has 12 nitrogen and oxygen atoms in total. The van der Waals surface area contributed by atoms with E-state index in [9.17, 15) is 15.0 Å². The molecule has 2 aliphatic rings. The molecule has 1 aromatic carbocycles. The van der Waals surface area contributed by atoms with Crippen LogP contribution in [0.2, 0.25) is 0 Å². The van der Waals surface area contributed by atoms with Crippen molar-refractivity contribution in [1.29, 1.82) is 0 Å². The lowest BCUT2D eigenvalue weighted by molar-refractivity contribution is -0.140. The van der Waals surface area contributed by atoms with Crippen molar-refractivity contribution in [3.05, 3.63) is 59.7 Å². The van der Waals surface area contributed by atoms with Crippen molar-refractivity contribution < 1.29 is 38.7 Å². The minimum Gasteiger partial charge on any atom is -0.481 e. The Morgan fingerprint density at radius 2 is 1.84 bits per heavy atom. The highest BCUT2D eigenvalue weighted by Crippen LogP contribution is 2.47. The van der Waals surface area contributed by atoms with Gasteiger partial charge >= 0.3 is 12.0 Å². The van der Waals surface area contributed by atoms with Crippen LogP contribution < -0.4 is 19.5 Å². The van der Waals surface area contributed by atoms with Crippen molar-refractivity contribution in [2.24, 2.45) is 0 Å². The van der Waals surface area contributed by atoms with Gasteiger partial charge in [0, 0.05) is 32.8 Å². The number of allylic oxidation sites excluding steroid dienone is 2. The van der Waals surface area contributed by atoms with Gasteiger partial charge in [-0.15, -0.1) is 11.6 Å². The molecule has 0 bridgehead atoms. The van der Waals surface area contributed by atoms with E-state index in [-0.39, 0.29) is 30.9 Å². The zero-order chi connectivity index (χ0) is 31.6. The van der Waals surface area contributed by atoms with Crippen LogP contribution in [0.5, 0.6) is 17.8 Å². The number of carbonyl (C=O) groups is 1. The smallest absolute Gasteiger partial charge is 0.323 e. The van der Waals surface area contributed by atoms with E-state index in [1.54, 1.807) is 0 Å². The van der Waals surface area contributed by atoms with Gasteiger partial charge in [0.1, 0.15) is 23.1 Å². The van der Waals surface area contributed by atoms with Crippen LogP contribution >= 0.6 is 11.6 Å². The molecule has 13 heteroatoms. The standard InChI is InChI=1S/C31H41ClN4O8/c1-30(32)24(22-9-5-4-6-10-22)11-7-12-31(30,44-16-8-13-36-14-17-42-18-15-36)21-43-29-34-26(40-2)23(27(35-29)41-3)19-33-25(20-37)28(38)39/h4-7,9-12,25,33,37H,8,13-21H2,1-3H3,(H,38,39)/t25-,30?,31?/m0/s1. The summed E-state index contributed by atoms with van der Waals surface area (Å²) in [5.74, 6) is -0.950. The third kappa shape index (κ3) is 7.87. The molecule has 0 radical (unpaired) electrons. The minimum absolute atomic E-state index is 0.0270. The first-order chi connectivity index (χ1) is 21.2. The lowest BCUT2D eigenvalue weighted by Gasteiger charge is -2.45. The van der Waals surface area contributed by atoms with Gasteiger partial charge in [-0.2, -0.15) is 9.97 Å². The van der Waals surface area contributed by atoms with E-state index >= 15 is 0 Å². The van der Waals surface area contributed by atoms with Crippen LogP contribution in [0, 0.1) is 0 Å². The van der Waals surface area contributed by atoms with Gasteiger partial charge in [0.2, 0.25) is 11.8 Å². The Morgan fingerprint density at radius 1 is 1.16 bits per heavy atom. The van der Waals surface area contributed by atoms with Gasteiger partial charge in [0.05, 0.1) is 39.6 Å². The molecule has 1 saturated heterocycles. The van der Waals surface area contributed by atoms with Crippen molar-refractivity contribution in [1.82, 2.24) is 20.2 Å². The quantitative estimate of drug-likeness (QED) is 0.185. The molecule has 3 N–H and O–H groups in total. The molecular weight excluding hydrogens is 592 g/mol. The summed E-state index contributed by atoms with van der Waals surface area (Å²) in [5, 5.41) is 21.4. The Kier molecular flexibility index (Phi) is 12.0. The van der Waals surface area contributed by atoms with Crippen molar-refractivity contribution in [3.63, 3.8) is 0 Å². The fraction of sp³-hybridized carbons (Fsp3) is 0.516. The lowest BCUT2D eigenvalue weighted by atomic mass is 9.76. The first-order valence-electron chi connectivity index (χ1n) is 14.5. The maximum absolute atomic E-state index is 11.3. The number of carboxylic acids is 1. The fourth-order valence-electron chi connectivity index (χ4n) is 5.21. The van der Waals surface area contributed by atoms with Crippen LogP contribution in [0.1, 0.15) is 24.5 Å². The van der Waals surface area contributed by atoms with Crippen LogP contribution in [-0.4, -0.2) is 114 Å². The first kappa shape index (κ1) is 33.6. The molecule has 2 heterocycles. The van der Waals surface area contributed by atoms with E-state index in [1.165, 1.54) is 14.2 Å². The summed E-state index contributed by atoms with van der Waals surface area (Å²) in [7, 11) is 2.84. The molecule has 240 valence electrons. The highest BCUT2D eigenvalue weighted by molar-refractivity contribution is 6.31. The second kappa shape index (κ2) is 15.6. The third-order valence-electron chi connectivity index (χ3n) is 7.81. The summed E-state index contributed by atoms with van der Waals surface area (Å²) in [6, 6.07) is 8.67. The van der Waals surface area contributed by atoms with Crippen LogP contribution in [0.4, 0.5) is 0 Å². The minimum atomic E-state index is -1.20. The van der Waals surface area contributed by atoms with Crippen LogP contribution in [-0.2, 0) is 20.8 Å². The van der Waals surface area contributed by atoms with Crippen molar-refractivity contribution >= 4 is 23.1 Å². The molecule has 1 aromatic heterocycles. The van der Waals surface area contributed by atoms with Crippen molar-refractivity contribution in [3.8, 4) is 17.8 Å². The molecule has 4 rings (SSSR count). The maximum Gasteiger partial charge on any atom is 0.323 e. The normalized spacial score (nSPS) is 22.7. The Labute approximate surface area is 262 Å². The SMILES string of the molecule is COc1nc(OCC2(OCCCN3CCOCC3)C=CC=C(c3ccccc3)C2(C)Cl)nc(OC)c1CN[C@@H](CO)C(=O)O. The number of rotatable bonds is 16. The van der Waals surface area contributed by atoms with Gasteiger partial charge in [0.15, 0.2) is 0 Å². The first-order valence-corrected chi connectivity index (χ1v) is 14.9. The number of aliphatic hydroxyl groups excluding tert-OH is 1. The Morgan fingerprint density at radius 3 is 2.45 bits per heavy atom. The molecule has 1 aliphatic heterocycles. The van der Waals surface area contributed by atoms with Crippen LogP contribution in [0.25, 0.3) is 5.57 Å². The summed E-state index contributed by atoms with van der Waals surface area (Å²) in [4.78, 5) is 21.5. The highest BCUT2D eigenvalue weighted by Gasteiger charge is 2.51. The predicted molar refractivity (Wildman–Crippen MR) is 164 cm³/mol. The van der Waals surface area contributed by atoms with E-state index < -0.39 is 29.1 Å². The van der Waals surface area contributed by atoms with E-state index in [0.717, 1.165) is 50.4 Å². The van der Waals surface area contributed by atoms with Crippen LogP contribution in [0.15, 0.2) is 48.6 Å². The lowest BCUT2D eigenvalue weighted by Crippen LogP contribution is -2.55. The van der Waals surface area contributed by atoms with Gasteiger partial charge < -0.3 is 33.9 Å². The molecule has 0 spiro atoms. The molecule has 1 fully saturated rings. The molecule has 44 heavy (non-hydrogen) atoms. The van der Waals surface area contributed by atoms with Crippen molar-refractivity contribution in [2.75, 3.05) is 66.9 Å². The van der Waals surface area contributed by atoms with E-state index in [2.05, 4.69) is 20.2 Å². The average Bonchev–Trinajstić information content (AvgIpc) is 3.04. The molecule has 1 aliphatic carbocycles. The Bertz CT molecular complexity index is 1280. The van der Waals surface area contributed by atoms with E-state index in [0.29, 0.717) is 12.2 Å². The summed E-state index contributed by atoms with van der Waals surface area (Å²) in [5.41, 5.74) is 1.12. The number of ether oxygens (including phenoxy) is 5. The Balaban J connectivity index is 1.57. The zero-order valence-electron chi connectivity index (χ0n) is 25.3. The summed E-state index contributed by atoms with van der Waals surface area (Å²) in [6.07, 6.45) is 6.61. The van der Waals surface area contributed by atoms with E-state index in [1.807, 2.05) is 55.5 Å². The number of aliphatic hydroxyl groups is 1. The van der Waals surface area contributed by atoms with Gasteiger partial charge in [-0.3, -0.25) is 15.0 Å². The van der Waals surface area contributed by atoms with Gasteiger partial charge in [-0.25, -0.2) is 0 Å². The molecule has 2 aromatic rings. The monoisotopic (exact) mass is 632 g/mol. The second-order valence-corrected chi connectivity index (χ2v) is 11.4. The number of alkyl halides is 1. The predicted octanol–water partition coefficient (Wildman–Crippen LogP) is 2.54. The van der Waals surface area contributed by atoms with E-state index in [4.69, 9.17) is 35.3 Å². The number of nitrogens with one attached hydrogen (secondary N) is 1. The topological polar surface area (TPSA) is 145 Å². The molecule has 2 unspecified atom stereocenters. The van der Waals surface area contributed by atoms with Crippen molar-refractivity contribution in [2.45, 2.75) is 36.4 Å². The largest absolute Gasteiger partial charge is 0.481 e. The van der Waals surface area contributed by atoms with Gasteiger partial charge in [-0.1, -0.05) is 42.5 Å². The number of aromatic nitrogens is 2. The summed E-state index contributed by atoms with van der Waals surface area (Å²) >= 11 is 7.42. The number of morpholine rings is 1. The number of aliphatic carboxylic acids is 1. The van der Waals surface area contributed by atoms with Gasteiger partial charge in [-0.05, 0) is 30.6 Å². The third-order valence-corrected chi connectivity index (χ3v) is 8.34. The summed E-state index contributed by atoms with van der Waals surface area (Å²) < 4.78 is 29.2. The number of carboxylic acid groups (broad SMARTS) is 1. The maximum atomic E-state index is 11.3.